The zero-order chi connectivity index (χ0) is 22.6. The van der Waals surface area contributed by atoms with E-state index in [1.54, 1.807) is 25.1 Å². The molecule has 2 aromatic carbocycles. The van der Waals surface area contributed by atoms with Crippen LogP contribution in [0.1, 0.15) is 18.1 Å². The van der Waals surface area contributed by atoms with E-state index >= 15 is 0 Å². The van der Waals surface area contributed by atoms with E-state index in [9.17, 15) is 13.2 Å². The summed E-state index contributed by atoms with van der Waals surface area (Å²) in [7, 11) is -3.73. The number of aryl methyl sites for hydroxylation is 2. The molecular formula is C22H28N2O6S. The molecule has 0 fully saturated rings. The molecule has 0 aliphatic carbocycles. The number of benzene rings is 2. The fraction of sp³-hybridized carbons (Fsp3) is 0.409. The minimum atomic E-state index is -3.73. The van der Waals surface area contributed by atoms with Crippen molar-refractivity contribution in [1.82, 2.24) is 5.32 Å². The van der Waals surface area contributed by atoms with Crippen LogP contribution in [0.15, 0.2) is 36.4 Å². The van der Waals surface area contributed by atoms with Gasteiger partial charge in [0.1, 0.15) is 31.6 Å². The average molecular weight is 449 g/mol. The summed E-state index contributed by atoms with van der Waals surface area (Å²) < 4.78 is 42.8. The molecule has 0 aromatic heterocycles. The second-order valence-corrected chi connectivity index (χ2v) is 9.33. The molecule has 3 rings (SSSR count). The SMILES string of the molecule is Cc1ccc(C)c(OCCNC(=O)[C@@H](C)N(c2ccc3c(c2)OCCO3)S(C)(=O)=O)c1. The summed E-state index contributed by atoms with van der Waals surface area (Å²) in [6, 6.07) is 9.77. The Hall–Kier alpha value is -2.94. The molecule has 0 radical (unpaired) electrons. The molecule has 9 heteroatoms. The summed E-state index contributed by atoms with van der Waals surface area (Å²) in [5.41, 5.74) is 2.43. The van der Waals surface area contributed by atoms with Crippen LogP contribution in [0.25, 0.3) is 0 Å². The van der Waals surface area contributed by atoms with Crippen LogP contribution in [0.4, 0.5) is 5.69 Å². The van der Waals surface area contributed by atoms with Crippen molar-refractivity contribution in [3.8, 4) is 17.2 Å². The first kappa shape index (κ1) is 22.7. The molecule has 0 saturated carbocycles. The van der Waals surface area contributed by atoms with Crippen molar-refractivity contribution in [2.75, 3.05) is 36.9 Å². The molecule has 168 valence electrons. The Kier molecular flexibility index (Phi) is 6.94. The summed E-state index contributed by atoms with van der Waals surface area (Å²) in [4.78, 5) is 12.7. The molecule has 8 nitrogen and oxygen atoms in total. The molecule has 2 aromatic rings. The first-order valence-corrected chi connectivity index (χ1v) is 11.9. The van der Waals surface area contributed by atoms with E-state index in [0.29, 0.717) is 30.4 Å². The van der Waals surface area contributed by atoms with Crippen LogP contribution < -0.4 is 23.8 Å². The Labute approximate surface area is 183 Å². The standard InChI is InChI=1S/C22H28N2O6S/c1-15-5-6-16(2)20(13-15)28-10-9-23-22(25)17(3)24(31(4,26)27)18-7-8-19-21(14-18)30-12-11-29-19/h5-8,13-14,17H,9-12H2,1-4H3,(H,23,25)/t17-/m1/s1. The number of hydrogen-bond donors (Lipinski definition) is 1. The van der Waals surface area contributed by atoms with Crippen molar-refractivity contribution in [1.29, 1.82) is 0 Å². The third-order valence-corrected chi connectivity index (χ3v) is 6.11. The lowest BCUT2D eigenvalue weighted by atomic mass is 10.1. The number of hydrogen-bond acceptors (Lipinski definition) is 6. The molecule has 1 N–H and O–H groups in total. The van der Waals surface area contributed by atoms with Gasteiger partial charge in [-0.2, -0.15) is 0 Å². The number of fused-ring (bicyclic) bond motifs is 1. The Morgan fingerprint density at radius 2 is 1.84 bits per heavy atom. The topological polar surface area (TPSA) is 94.2 Å². The van der Waals surface area contributed by atoms with Crippen molar-refractivity contribution in [2.45, 2.75) is 26.8 Å². The Morgan fingerprint density at radius 3 is 2.55 bits per heavy atom. The maximum atomic E-state index is 12.7. The van der Waals surface area contributed by atoms with E-state index in [-0.39, 0.29) is 13.2 Å². The van der Waals surface area contributed by atoms with Crippen molar-refractivity contribution in [2.24, 2.45) is 0 Å². The van der Waals surface area contributed by atoms with Gasteiger partial charge in [0.05, 0.1) is 18.5 Å². The number of amides is 1. The van der Waals surface area contributed by atoms with E-state index in [2.05, 4.69) is 5.32 Å². The molecule has 0 bridgehead atoms. The number of carbonyl (C=O) groups is 1. The Bertz CT molecular complexity index is 1050. The van der Waals surface area contributed by atoms with Crippen LogP contribution in [0.5, 0.6) is 17.2 Å². The van der Waals surface area contributed by atoms with Gasteiger partial charge in [0.25, 0.3) is 0 Å². The third kappa shape index (κ3) is 5.61. The molecule has 1 aliphatic rings. The van der Waals surface area contributed by atoms with Crippen LogP contribution in [-0.2, 0) is 14.8 Å². The van der Waals surface area contributed by atoms with Crippen LogP contribution in [-0.4, -0.2) is 53.0 Å². The molecule has 0 unspecified atom stereocenters. The summed E-state index contributed by atoms with van der Waals surface area (Å²) >= 11 is 0. The molecule has 1 aliphatic heterocycles. The minimum Gasteiger partial charge on any atom is -0.491 e. The highest BCUT2D eigenvalue weighted by molar-refractivity contribution is 7.92. The van der Waals surface area contributed by atoms with Gasteiger partial charge in [-0.05, 0) is 50.1 Å². The summed E-state index contributed by atoms with van der Waals surface area (Å²) in [5.74, 6) is 1.33. The van der Waals surface area contributed by atoms with Crippen molar-refractivity contribution in [3.63, 3.8) is 0 Å². The zero-order valence-electron chi connectivity index (χ0n) is 18.2. The number of sulfonamides is 1. The highest BCUT2D eigenvalue weighted by atomic mass is 32.2. The highest BCUT2D eigenvalue weighted by Crippen LogP contribution is 2.35. The zero-order valence-corrected chi connectivity index (χ0v) is 19.0. The number of nitrogens with one attached hydrogen (secondary N) is 1. The predicted octanol–water partition coefficient (Wildman–Crippen LogP) is 2.42. The van der Waals surface area contributed by atoms with E-state index in [1.165, 1.54) is 0 Å². The monoisotopic (exact) mass is 448 g/mol. The normalized spacial score (nSPS) is 13.9. The van der Waals surface area contributed by atoms with Crippen LogP contribution in [0.3, 0.4) is 0 Å². The van der Waals surface area contributed by atoms with Gasteiger partial charge in [0.2, 0.25) is 15.9 Å². The van der Waals surface area contributed by atoms with E-state index in [0.717, 1.165) is 27.4 Å². The van der Waals surface area contributed by atoms with E-state index < -0.39 is 22.0 Å². The van der Waals surface area contributed by atoms with E-state index in [4.69, 9.17) is 14.2 Å². The first-order valence-electron chi connectivity index (χ1n) is 10.0. The van der Waals surface area contributed by atoms with Gasteiger partial charge in [0, 0.05) is 6.07 Å². The highest BCUT2D eigenvalue weighted by Gasteiger charge is 2.30. The number of carbonyl (C=O) groups excluding carboxylic acids is 1. The van der Waals surface area contributed by atoms with Crippen LogP contribution >= 0.6 is 0 Å². The Balaban J connectivity index is 1.65. The lowest BCUT2D eigenvalue weighted by molar-refractivity contribution is -0.121. The molecule has 1 amide bonds. The van der Waals surface area contributed by atoms with Gasteiger partial charge in [0.15, 0.2) is 11.5 Å². The van der Waals surface area contributed by atoms with Gasteiger partial charge in [-0.15, -0.1) is 0 Å². The summed E-state index contributed by atoms with van der Waals surface area (Å²) in [5, 5.41) is 2.75. The minimum absolute atomic E-state index is 0.245. The molecule has 1 heterocycles. The lowest BCUT2D eigenvalue weighted by Gasteiger charge is -2.29. The number of rotatable bonds is 8. The van der Waals surface area contributed by atoms with Gasteiger partial charge in [-0.3, -0.25) is 9.10 Å². The number of ether oxygens (including phenoxy) is 3. The average Bonchev–Trinajstić information content (AvgIpc) is 2.72. The number of anilines is 1. The molecule has 0 spiro atoms. The first-order chi connectivity index (χ1) is 14.7. The summed E-state index contributed by atoms with van der Waals surface area (Å²) in [6.45, 7) is 6.80. The summed E-state index contributed by atoms with van der Waals surface area (Å²) in [6.07, 6.45) is 1.07. The van der Waals surface area contributed by atoms with Gasteiger partial charge >= 0.3 is 0 Å². The lowest BCUT2D eigenvalue weighted by Crippen LogP contribution is -2.48. The van der Waals surface area contributed by atoms with Gasteiger partial charge in [-0.1, -0.05) is 12.1 Å². The third-order valence-electron chi connectivity index (χ3n) is 4.87. The quantitative estimate of drug-likeness (QED) is 0.624. The van der Waals surface area contributed by atoms with Crippen molar-refractivity contribution in [3.05, 3.63) is 47.5 Å². The van der Waals surface area contributed by atoms with E-state index in [1.807, 2.05) is 32.0 Å². The Morgan fingerprint density at radius 1 is 1.13 bits per heavy atom. The largest absolute Gasteiger partial charge is 0.491 e. The fourth-order valence-corrected chi connectivity index (χ4v) is 4.49. The van der Waals surface area contributed by atoms with Crippen molar-refractivity contribution >= 4 is 21.6 Å². The molecule has 31 heavy (non-hydrogen) atoms. The smallest absolute Gasteiger partial charge is 0.243 e. The van der Waals surface area contributed by atoms with Gasteiger partial charge < -0.3 is 19.5 Å². The molecule has 0 saturated heterocycles. The predicted molar refractivity (Wildman–Crippen MR) is 119 cm³/mol. The second-order valence-electron chi connectivity index (χ2n) is 7.47. The maximum Gasteiger partial charge on any atom is 0.243 e. The van der Waals surface area contributed by atoms with Crippen LogP contribution in [0.2, 0.25) is 0 Å². The van der Waals surface area contributed by atoms with Crippen molar-refractivity contribution < 1.29 is 27.4 Å². The second kappa shape index (κ2) is 9.47. The number of nitrogens with zero attached hydrogens (tertiary/aromatic N) is 1. The molecular weight excluding hydrogens is 420 g/mol. The molecule has 1 atom stereocenters. The van der Waals surface area contributed by atoms with Crippen LogP contribution in [0, 0.1) is 13.8 Å². The van der Waals surface area contributed by atoms with Gasteiger partial charge in [-0.25, -0.2) is 8.42 Å². The maximum absolute atomic E-state index is 12.7. The fourth-order valence-electron chi connectivity index (χ4n) is 3.32.